The monoisotopic (exact) mass is 1200 g/mol. The number of rotatable bonds is 10. The largest absolute Gasteiger partial charge is 1.00 e. The van der Waals surface area contributed by atoms with Crippen LogP contribution in [0.15, 0.2) is 48.5 Å². The van der Waals surface area contributed by atoms with Gasteiger partial charge in [0.1, 0.15) is 0 Å². The summed E-state index contributed by atoms with van der Waals surface area (Å²) in [6.45, 7) is 67.7. The van der Waals surface area contributed by atoms with E-state index in [2.05, 4.69) is 275 Å². The Morgan fingerprint density at radius 1 is 0.256 bits per heavy atom. The summed E-state index contributed by atoms with van der Waals surface area (Å²) < 4.78 is 18.6. The van der Waals surface area contributed by atoms with Crippen LogP contribution in [0.3, 0.4) is 0 Å². The quantitative estimate of drug-likeness (QED) is 0.135. The van der Waals surface area contributed by atoms with Crippen LogP contribution in [0.25, 0.3) is 0 Å². The standard InChI is InChI=1S/2C32H51O2P.2C4H10O2.4Li/c2*1-28(2,3)20-16-22(30(7,8)9)26(33)24(18-20)35(32(13,14)15)25-19-21(29(4,5)6)17-23(27(25)34)31(10,11)12;2*1-5-3-4-6-2;;;;/h2*16-19,33-34H,1-15H3;2*3-4H2,1-2H3;;;;/q;;;;4*+1/p-2. The molecule has 14 heteroatoms. The van der Waals surface area contributed by atoms with Crippen LogP contribution >= 0.6 is 15.8 Å². The fourth-order valence-corrected chi connectivity index (χ4v) is 15.9. The third-order valence-electron chi connectivity index (χ3n) is 14.6. The van der Waals surface area contributed by atoms with Crippen LogP contribution in [-0.2, 0) is 62.3 Å². The van der Waals surface area contributed by atoms with E-state index < -0.39 is 15.8 Å². The van der Waals surface area contributed by atoms with Crippen molar-refractivity contribution in [2.45, 2.75) is 261 Å². The van der Waals surface area contributed by atoms with Gasteiger partial charge in [-0.2, -0.15) is 0 Å². The number of ether oxygens (including phenoxy) is 4. The maximum absolute atomic E-state index is 14.2. The molecule has 0 aliphatic rings. The summed E-state index contributed by atoms with van der Waals surface area (Å²) in [6, 6.07) is 17.0. The summed E-state index contributed by atoms with van der Waals surface area (Å²) in [6.07, 6.45) is 0. The summed E-state index contributed by atoms with van der Waals surface area (Å²) in [7, 11) is 3.15. The molecule has 0 saturated heterocycles. The van der Waals surface area contributed by atoms with Crippen molar-refractivity contribution < 1.29 is 115 Å². The molecule has 0 amide bonds. The Kier molecular flexibility index (Phi) is 37.2. The first kappa shape index (κ1) is 91.6. The molecule has 4 rings (SSSR count). The average molecular weight is 1200 g/mol. The second kappa shape index (κ2) is 34.9. The van der Waals surface area contributed by atoms with Crippen molar-refractivity contribution in [2.75, 3.05) is 54.9 Å². The Balaban J connectivity index is -0.000000630. The van der Waals surface area contributed by atoms with Gasteiger partial charge in [0.25, 0.3) is 0 Å². The molecule has 0 radical (unpaired) electrons. The van der Waals surface area contributed by atoms with Gasteiger partial charge in [-0.25, -0.2) is 0 Å². The van der Waals surface area contributed by atoms with Crippen LogP contribution in [0.5, 0.6) is 23.0 Å². The molecular weight excluding hydrogens is 1080 g/mol. The van der Waals surface area contributed by atoms with Gasteiger partial charge in [-0.1, -0.05) is 213 Å². The van der Waals surface area contributed by atoms with Crippen molar-refractivity contribution >= 4 is 37.1 Å². The minimum absolute atomic E-state index is 0. The predicted octanol–water partition coefficient (Wildman–Crippen LogP) is 2.55. The molecule has 0 N–H and O–H groups in total. The summed E-state index contributed by atoms with van der Waals surface area (Å²) in [5.41, 5.74) is 6.56. The van der Waals surface area contributed by atoms with Gasteiger partial charge in [-0.15, -0.1) is 0 Å². The molecule has 86 heavy (non-hydrogen) atoms. The van der Waals surface area contributed by atoms with E-state index >= 15 is 0 Å². The van der Waals surface area contributed by atoms with E-state index in [1.165, 1.54) is 22.3 Å². The van der Waals surface area contributed by atoms with Gasteiger partial charge in [-0.3, -0.25) is 0 Å². The fourth-order valence-electron chi connectivity index (χ4n) is 9.46. The van der Waals surface area contributed by atoms with Crippen LogP contribution < -0.4 is 117 Å². The zero-order chi connectivity index (χ0) is 64.7. The summed E-state index contributed by atoms with van der Waals surface area (Å²) in [5, 5.41) is 59.6. The Morgan fingerprint density at radius 2 is 0.395 bits per heavy atom. The molecule has 0 aliphatic carbocycles. The Labute approximate surface area is 579 Å². The van der Waals surface area contributed by atoms with E-state index in [0.29, 0.717) is 26.4 Å². The van der Waals surface area contributed by atoms with Crippen molar-refractivity contribution in [1.82, 2.24) is 0 Å². The number of hydrogen-bond donors (Lipinski definition) is 0. The first-order valence-corrected chi connectivity index (χ1v) is 32.7. The SMILES string of the molecule is CC(C)(C)c1cc([PH+](c2cc(C(C)(C)C)cc(C(C)(C)C)c2[O-])C(C)(C)C)c([O-])c(C(C)(C)C)c1.CC(C)(C)c1cc([PH+](c2cc(C(C)(C)C)cc(C(C)(C)C)c2[O-])C(C)(C)C)c([O-])c(C(C)(C)C)c1.COCCOC.COCCOC.[Li+].[Li+].[Li+].[Li+]. The molecule has 0 aromatic heterocycles. The Hall–Kier alpha value is -0.830. The minimum Gasteiger partial charge on any atom is -0.870 e. The van der Waals surface area contributed by atoms with Crippen LogP contribution in [0.4, 0.5) is 0 Å². The predicted molar refractivity (Wildman–Crippen MR) is 355 cm³/mol. The van der Waals surface area contributed by atoms with E-state index in [0.717, 1.165) is 43.5 Å². The second-order valence-corrected chi connectivity index (χ2v) is 39.5. The van der Waals surface area contributed by atoms with Gasteiger partial charge in [-0.05, 0) is 154 Å². The molecule has 4 aromatic carbocycles. The summed E-state index contributed by atoms with van der Waals surface area (Å²) in [4.78, 5) is 0. The molecule has 0 unspecified atom stereocenters. The van der Waals surface area contributed by atoms with Gasteiger partial charge in [0.05, 0.1) is 73.8 Å². The topological polar surface area (TPSA) is 129 Å². The number of benzene rings is 4. The molecular formula is C72H120Li4O8P2+2. The van der Waals surface area contributed by atoms with E-state index in [-0.39, 0.29) is 152 Å². The van der Waals surface area contributed by atoms with E-state index in [9.17, 15) is 20.4 Å². The first-order valence-electron chi connectivity index (χ1n) is 29.7. The summed E-state index contributed by atoms with van der Waals surface area (Å²) >= 11 is 0. The average Bonchev–Trinajstić information content (AvgIpc) is 3.26. The Bertz CT molecular complexity index is 2330. The van der Waals surface area contributed by atoms with E-state index in [1.54, 1.807) is 28.4 Å². The third-order valence-corrected chi connectivity index (χ3v) is 21.3. The molecule has 0 spiro atoms. The molecule has 0 aliphatic heterocycles. The molecule has 0 atom stereocenters. The molecule has 0 bridgehead atoms. The van der Waals surface area contributed by atoms with Crippen molar-refractivity contribution in [3.8, 4) is 23.0 Å². The molecule has 0 saturated carbocycles. The normalized spacial score (nSPS) is 12.7. The molecule has 4 aromatic rings. The summed E-state index contributed by atoms with van der Waals surface area (Å²) in [5.74, 6) is 0.471. The number of hydrogen-bond acceptors (Lipinski definition) is 8. The smallest absolute Gasteiger partial charge is 0.870 e. The zero-order valence-electron chi connectivity index (χ0n) is 62.7. The van der Waals surface area contributed by atoms with Crippen molar-refractivity contribution in [3.05, 3.63) is 93.0 Å². The van der Waals surface area contributed by atoms with E-state index in [4.69, 9.17) is 0 Å². The Morgan fingerprint density at radius 3 is 0.488 bits per heavy atom. The van der Waals surface area contributed by atoms with Crippen molar-refractivity contribution in [3.63, 3.8) is 0 Å². The van der Waals surface area contributed by atoms with Gasteiger partial charge >= 0.3 is 75.4 Å². The van der Waals surface area contributed by atoms with Crippen LogP contribution in [0.2, 0.25) is 0 Å². The van der Waals surface area contributed by atoms with Gasteiger partial charge in [0, 0.05) is 28.4 Å². The maximum atomic E-state index is 14.2. The number of methoxy groups -OCH3 is 4. The van der Waals surface area contributed by atoms with Gasteiger partial charge in [0.2, 0.25) is 0 Å². The second-order valence-electron chi connectivity index (χ2n) is 32.8. The fraction of sp³-hybridized carbons (Fsp3) is 0.667. The van der Waals surface area contributed by atoms with E-state index in [1.807, 2.05) is 0 Å². The third kappa shape index (κ3) is 26.6. The van der Waals surface area contributed by atoms with Gasteiger partial charge < -0.3 is 39.4 Å². The maximum Gasteiger partial charge on any atom is 1.00 e. The van der Waals surface area contributed by atoms with Crippen LogP contribution in [0.1, 0.15) is 252 Å². The first-order chi connectivity index (χ1) is 36.6. The van der Waals surface area contributed by atoms with Crippen LogP contribution in [-0.4, -0.2) is 65.2 Å². The molecule has 468 valence electrons. The minimum atomic E-state index is -1.73. The zero-order valence-corrected chi connectivity index (χ0v) is 64.7. The van der Waals surface area contributed by atoms with Crippen molar-refractivity contribution in [2.24, 2.45) is 0 Å². The van der Waals surface area contributed by atoms with Crippen molar-refractivity contribution in [1.29, 1.82) is 0 Å². The van der Waals surface area contributed by atoms with Gasteiger partial charge in [0.15, 0.2) is 0 Å². The molecule has 0 fully saturated rings. The molecule has 8 nitrogen and oxygen atoms in total. The molecule has 0 heterocycles. The van der Waals surface area contributed by atoms with Crippen LogP contribution in [0, 0.1) is 0 Å².